The Morgan fingerprint density at radius 2 is 2.25 bits per heavy atom. The van der Waals surface area contributed by atoms with Gasteiger partial charge in [0.05, 0.1) is 17.1 Å². The third-order valence-corrected chi connectivity index (χ3v) is 1.77. The van der Waals surface area contributed by atoms with Gasteiger partial charge < -0.3 is 10.1 Å². The van der Waals surface area contributed by atoms with Gasteiger partial charge in [0.25, 0.3) is 0 Å². The molecule has 0 radical (unpaired) electrons. The number of aromatic hydroxyl groups is 1. The maximum Gasteiger partial charge on any atom is 0.119 e. The average Bonchev–Trinajstić information content (AvgIpc) is 2.50. The van der Waals surface area contributed by atoms with Crippen LogP contribution in [0.15, 0.2) is 24.4 Å². The predicted octanol–water partition coefficient (Wildman–Crippen LogP) is 1.75. The van der Waals surface area contributed by atoms with Crippen LogP contribution in [0.1, 0.15) is 5.56 Å². The van der Waals surface area contributed by atoms with Crippen molar-refractivity contribution >= 4 is 10.9 Å². The highest BCUT2D eigenvalue weighted by Gasteiger charge is 2.02. The van der Waals surface area contributed by atoms with E-state index < -0.39 is 0 Å². The van der Waals surface area contributed by atoms with Crippen molar-refractivity contribution < 1.29 is 5.11 Å². The van der Waals surface area contributed by atoms with E-state index in [2.05, 4.69) is 4.98 Å². The molecule has 0 spiro atoms. The molecule has 0 amide bonds. The molecule has 3 nitrogen and oxygen atoms in total. The van der Waals surface area contributed by atoms with E-state index in [4.69, 9.17) is 5.26 Å². The predicted molar refractivity (Wildman–Crippen MR) is 44.7 cm³/mol. The van der Waals surface area contributed by atoms with Crippen LogP contribution in [0.3, 0.4) is 0 Å². The second-order valence-electron chi connectivity index (χ2n) is 2.54. The van der Waals surface area contributed by atoms with Gasteiger partial charge in [0.1, 0.15) is 5.75 Å². The van der Waals surface area contributed by atoms with Gasteiger partial charge in [0.2, 0.25) is 0 Å². The molecule has 3 heteroatoms. The van der Waals surface area contributed by atoms with Crippen molar-refractivity contribution in [2.75, 3.05) is 0 Å². The van der Waals surface area contributed by atoms with E-state index in [0.29, 0.717) is 5.56 Å². The molecule has 0 fully saturated rings. The van der Waals surface area contributed by atoms with Gasteiger partial charge in [-0.05, 0) is 12.1 Å². The molecule has 12 heavy (non-hydrogen) atoms. The molecule has 1 heterocycles. The van der Waals surface area contributed by atoms with Crippen LogP contribution >= 0.6 is 0 Å². The summed E-state index contributed by atoms with van der Waals surface area (Å²) in [6.07, 6.45) is 1.74. The minimum atomic E-state index is 0.113. The number of benzene rings is 1. The second kappa shape index (κ2) is 2.28. The molecule has 0 aliphatic heterocycles. The zero-order valence-corrected chi connectivity index (χ0v) is 6.20. The molecule has 0 unspecified atom stereocenters. The van der Waals surface area contributed by atoms with Gasteiger partial charge in [-0.1, -0.05) is 0 Å². The van der Waals surface area contributed by atoms with Crippen molar-refractivity contribution in [3.05, 3.63) is 30.0 Å². The van der Waals surface area contributed by atoms with E-state index in [1.54, 1.807) is 12.3 Å². The number of nitrogens with one attached hydrogen (secondary N) is 1. The van der Waals surface area contributed by atoms with E-state index in [9.17, 15) is 5.11 Å². The lowest BCUT2D eigenvalue weighted by Gasteiger charge is -1.94. The fourth-order valence-electron chi connectivity index (χ4n) is 1.24. The summed E-state index contributed by atoms with van der Waals surface area (Å²) < 4.78 is 0. The molecule has 1 aromatic heterocycles. The molecular formula is C9H6N2O. The number of hydrogen-bond acceptors (Lipinski definition) is 2. The number of rotatable bonds is 0. The van der Waals surface area contributed by atoms with Gasteiger partial charge in [0.15, 0.2) is 0 Å². The summed E-state index contributed by atoms with van der Waals surface area (Å²) in [6, 6.07) is 6.88. The number of phenolic OH excluding ortho intramolecular Hbond substituents is 1. The van der Waals surface area contributed by atoms with Crippen molar-refractivity contribution in [2.24, 2.45) is 0 Å². The molecule has 2 N–H and O–H groups in total. The fourth-order valence-corrected chi connectivity index (χ4v) is 1.24. The van der Waals surface area contributed by atoms with E-state index >= 15 is 0 Å². The monoisotopic (exact) mass is 158 g/mol. The lowest BCUT2D eigenvalue weighted by molar-refractivity contribution is 0.476. The first kappa shape index (κ1) is 6.74. The highest BCUT2D eigenvalue weighted by atomic mass is 16.3. The Morgan fingerprint density at radius 3 is 3.00 bits per heavy atom. The van der Waals surface area contributed by atoms with Crippen molar-refractivity contribution in [3.8, 4) is 11.8 Å². The SMILES string of the molecule is N#Cc1cc(O)cc2[nH]ccc12. The van der Waals surface area contributed by atoms with Crippen molar-refractivity contribution in [2.45, 2.75) is 0 Å². The summed E-state index contributed by atoms with van der Waals surface area (Å²) in [7, 11) is 0. The Hall–Kier alpha value is -1.95. The first-order valence-electron chi connectivity index (χ1n) is 3.51. The Kier molecular flexibility index (Phi) is 1.28. The van der Waals surface area contributed by atoms with Crippen LogP contribution in [0, 0.1) is 11.3 Å². The van der Waals surface area contributed by atoms with Crippen LogP contribution < -0.4 is 0 Å². The van der Waals surface area contributed by atoms with Crippen molar-refractivity contribution in [3.63, 3.8) is 0 Å². The van der Waals surface area contributed by atoms with Crippen molar-refractivity contribution in [1.29, 1.82) is 5.26 Å². The third-order valence-electron chi connectivity index (χ3n) is 1.77. The van der Waals surface area contributed by atoms with E-state index in [1.807, 2.05) is 12.1 Å². The summed E-state index contributed by atoms with van der Waals surface area (Å²) in [5.74, 6) is 0.113. The lowest BCUT2D eigenvalue weighted by atomic mass is 10.1. The summed E-state index contributed by atoms with van der Waals surface area (Å²) in [4.78, 5) is 2.92. The minimum absolute atomic E-state index is 0.113. The number of H-pyrrole nitrogens is 1. The van der Waals surface area contributed by atoms with Gasteiger partial charge in [-0.25, -0.2) is 0 Å². The second-order valence-corrected chi connectivity index (χ2v) is 2.54. The van der Waals surface area contributed by atoms with Crippen LogP contribution in [-0.4, -0.2) is 10.1 Å². The first-order chi connectivity index (χ1) is 5.81. The van der Waals surface area contributed by atoms with E-state index in [0.717, 1.165) is 10.9 Å². The average molecular weight is 158 g/mol. The topological polar surface area (TPSA) is 59.8 Å². The molecule has 0 saturated carbocycles. The molecule has 0 aliphatic carbocycles. The Morgan fingerprint density at radius 1 is 1.42 bits per heavy atom. The van der Waals surface area contributed by atoms with Crippen LogP contribution in [-0.2, 0) is 0 Å². The number of nitriles is 1. The minimum Gasteiger partial charge on any atom is -0.508 e. The Bertz CT molecular complexity index is 465. The van der Waals surface area contributed by atoms with Crippen LogP contribution in [0.4, 0.5) is 0 Å². The van der Waals surface area contributed by atoms with Gasteiger partial charge in [-0.3, -0.25) is 0 Å². The first-order valence-corrected chi connectivity index (χ1v) is 3.51. The zero-order valence-electron chi connectivity index (χ0n) is 6.20. The molecular weight excluding hydrogens is 152 g/mol. The summed E-state index contributed by atoms with van der Waals surface area (Å²) >= 11 is 0. The Balaban J connectivity index is 2.91. The number of aromatic nitrogens is 1. The molecule has 58 valence electrons. The van der Waals surface area contributed by atoms with Gasteiger partial charge in [0, 0.05) is 17.6 Å². The van der Waals surface area contributed by atoms with Gasteiger partial charge in [-0.15, -0.1) is 0 Å². The smallest absolute Gasteiger partial charge is 0.119 e. The number of aromatic amines is 1. The Labute approximate surface area is 68.9 Å². The van der Waals surface area contributed by atoms with Gasteiger partial charge in [-0.2, -0.15) is 5.26 Å². The van der Waals surface area contributed by atoms with Gasteiger partial charge >= 0.3 is 0 Å². The molecule has 2 aromatic rings. The molecule has 0 bridgehead atoms. The normalized spacial score (nSPS) is 9.92. The lowest BCUT2D eigenvalue weighted by Crippen LogP contribution is -1.76. The highest BCUT2D eigenvalue weighted by Crippen LogP contribution is 2.22. The molecule has 1 aromatic carbocycles. The van der Waals surface area contributed by atoms with Crippen LogP contribution in [0.25, 0.3) is 10.9 Å². The molecule has 0 atom stereocenters. The molecule has 2 rings (SSSR count). The summed E-state index contributed by atoms with van der Waals surface area (Å²) in [6.45, 7) is 0. The highest BCUT2D eigenvalue weighted by molar-refractivity contribution is 5.86. The zero-order chi connectivity index (χ0) is 8.55. The largest absolute Gasteiger partial charge is 0.508 e. The number of hydrogen-bond donors (Lipinski definition) is 2. The number of nitrogens with zero attached hydrogens (tertiary/aromatic N) is 1. The fraction of sp³-hybridized carbons (Fsp3) is 0. The standard InChI is InChI=1S/C9H6N2O/c10-5-6-3-7(12)4-9-8(6)1-2-11-9/h1-4,11-12H. The number of phenols is 1. The number of fused-ring (bicyclic) bond motifs is 1. The van der Waals surface area contributed by atoms with E-state index in [1.165, 1.54) is 6.07 Å². The maximum atomic E-state index is 9.19. The molecule has 0 aliphatic rings. The third kappa shape index (κ3) is 0.823. The van der Waals surface area contributed by atoms with Crippen LogP contribution in [0.5, 0.6) is 5.75 Å². The van der Waals surface area contributed by atoms with E-state index in [-0.39, 0.29) is 5.75 Å². The quantitative estimate of drug-likeness (QED) is 0.613. The maximum absolute atomic E-state index is 9.19. The summed E-state index contributed by atoms with van der Waals surface area (Å²) in [5.41, 5.74) is 1.28. The molecule has 0 saturated heterocycles. The van der Waals surface area contributed by atoms with Crippen LogP contribution in [0.2, 0.25) is 0 Å². The summed E-state index contributed by atoms with van der Waals surface area (Å²) in [5, 5.41) is 18.7. The van der Waals surface area contributed by atoms with Crippen molar-refractivity contribution in [1.82, 2.24) is 4.98 Å².